The molecule has 3 unspecified atom stereocenters. The largest absolute Gasteiger partial charge is 0.491 e. The second-order valence-electron chi connectivity index (χ2n) is 10.2. The second kappa shape index (κ2) is 10.6. The first-order valence-corrected chi connectivity index (χ1v) is 13.1. The molecule has 4 aromatic rings. The Kier molecular flexibility index (Phi) is 6.99. The molecule has 10 nitrogen and oxygen atoms in total. The van der Waals surface area contributed by atoms with E-state index < -0.39 is 35.5 Å². The lowest BCUT2D eigenvalue weighted by Crippen LogP contribution is -2.50. The number of halogens is 3. The highest BCUT2D eigenvalue weighted by Gasteiger charge is 2.43. The van der Waals surface area contributed by atoms with Crippen molar-refractivity contribution in [2.45, 2.75) is 37.6 Å². The van der Waals surface area contributed by atoms with Gasteiger partial charge in [-0.2, -0.15) is 18.2 Å². The van der Waals surface area contributed by atoms with Crippen molar-refractivity contribution in [3.8, 4) is 40.0 Å². The molecule has 0 bridgehead atoms. The van der Waals surface area contributed by atoms with Gasteiger partial charge in [0.1, 0.15) is 29.7 Å². The maximum atomic E-state index is 14.1. The van der Waals surface area contributed by atoms with E-state index in [0.29, 0.717) is 23.4 Å². The zero-order chi connectivity index (χ0) is 28.7. The van der Waals surface area contributed by atoms with Gasteiger partial charge in [-0.3, -0.25) is 9.69 Å². The number of carbonyl (C=O) groups is 1. The molecule has 0 spiro atoms. The van der Waals surface area contributed by atoms with Gasteiger partial charge in [0.2, 0.25) is 11.6 Å². The quantitative estimate of drug-likeness (QED) is 0.324. The van der Waals surface area contributed by atoms with Gasteiger partial charge in [0, 0.05) is 29.7 Å². The highest BCUT2D eigenvalue weighted by atomic mass is 19.4. The van der Waals surface area contributed by atoms with Crippen molar-refractivity contribution < 1.29 is 42.0 Å². The molecule has 0 amide bonds. The van der Waals surface area contributed by atoms with Gasteiger partial charge in [0.15, 0.2) is 0 Å². The number of likely N-dealkylation sites (tertiary alicyclic amines) is 1. The van der Waals surface area contributed by atoms with E-state index in [1.165, 1.54) is 12.1 Å². The van der Waals surface area contributed by atoms with Gasteiger partial charge >= 0.3 is 12.1 Å². The number of alkyl halides is 3. The third-order valence-corrected chi connectivity index (χ3v) is 7.49. The van der Waals surface area contributed by atoms with Crippen LogP contribution in [0.2, 0.25) is 0 Å². The number of aliphatic carboxylic acids is 1. The molecule has 2 N–H and O–H groups in total. The number of nitrogens with zero attached hydrogens (tertiary/aromatic N) is 4. The first kappa shape index (κ1) is 27.0. The molecule has 0 saturated carbocycles. The van der Waals surface area contributed by atoms with Crippen molar-refractivity contribution in [1.82, 2.24) is 20.2 Å². The summed E-state index contributed by atoms with van der Waals surface area (Å²) in [7, 11) is 0. The average Bonchev–Trinajstić information content (AvgIpc) is 3.61. The molecule has 2 aromatic heterocycles. The van der Waals surface area contributed by atoms with E-state index in [0.717, 1.165) is 19.4 Å². The molecule has 2 aromatic carbocycles. The van der Waals surface area contributed by atoms with Crippen LogP contribution in [0.25, 0.3) is 34.3 Å². The molecule has 13 heteroatoms. The molecular formula is C28H25F3N4O6. The van der Waals surface area contributed by atoms with Gasteiger partial charge in [-0.05, 0) is 31.4 Å². The molecule has 0 aliphatic carbocycles. The van der Waals surface area contributed by atoms with Gasteiger partial charge in [0.05, 0.1) is 6.04 Å². The van der Waals surface area contributed by atoms with E-state index in [-0.39, 0.29) is 42.1 Å². The third-order valence-electron chi connectivity index (χ3n) is 7.49. The Hall–Kier alpha value is -4.23. The van der Waals surface area contributed by atoms with Gasteiger partial charge in [-0.1, -0.05) is 52.8 Å². The molecule has 2 aliphatic rings. The highest BCUT2D eigenvalue weighted by Crippen LogP contribution is 2.43. The third kappa shape index (κ3) is 5.30. The monoisotopic (exact) mass is 570 g/mol. The molecule has 1 fully saturated rings. The number of ether oxygens (including phenoxy) is 1. The average molecular weight is 571 g/mol. The van der Waals surface area contributed by atoms with Crippen LogP contribution >= 0.6 is 0 Å². The predicted molar refractivity (Wildman–Crippen MR) is 136 cm³/mol. The van der Waals surface area contributed by atoms with E-state index in [1.807, 2.05) is 0 Å². The maximum absolute atomic E-state index is 14.1. The van der Waals surface area contributed by atoms with Crippen LogP contribution in [0.1, 0.15) is 36.5 Å². The summed E-state index contributed by atoms with van der Waals surface area (Å²) in [6.07, 6.45) is -3.94. The summed E-state index contributed by atoms with van der Waals surface area (Å²) in [5.74, 6) is -1.61. The number of piperidine rings is 1. The molecule has 41 heavy (non-hydrogen) atoms. The van der Waals surface area contributed by atoms with Crippen molar-refractivity contribution >= 4 is 5.97 Å². The normalized spacial score (nSPS) is 21.3. The number of carboxylic acids is 1. The number of fused-ring (bicyclic) bond motifs is 1. The van der Waals surface area contributed by atoms with Crippen molar-refractivity contribution in [3.63, 3.8) is 0 Å². The molecule has 214 valence electrons. The minimum Gasteiger partial charge on any atom is -0.491 e. The minimum atomic E-state index is -4.80. The van der Waals surface area contributed by atoms with E-state index >= 15 is 0 Å². The first-order valence-electron chi connectivity index (χ1n) is 13.1. The number of benzene rings is 2. The summed E-state index contributed by atoms with van der Waals surface area (Å²) in [5, 5.41) is 27.8. The molecule has 2 aliphatic heterocycles. The first-order chi connectivity index (χ1) is 19.7. The van der Waals surface area contributed by atoms with Gasteiger partial charge in [-0.25, -0.2) is 0 Å². The minimum absolute atomic E-state index is 0.00124. The zero-order valence-corrected chi connectivity index (χ0v) is 21.5. The standard InChI is InChI=1S/C28H25F3N4O6/c29-28(30,31)22-23(16-6-2-1-3-7-16)33-40-25(22)27-32-26(34-41-27)17-8-9-18-20(12-17)39-14-19(24(18)38)35-10-4-5-15(13-35)11-21(36)37/h1-3,6-9,12,15,19,24,38H,4-5,10-11,13-14H2,(H,36,37). The summed E-state index contributed by atoms with van der Waals surface area (Å²) < 4.78 is 58.3. The fraction of sp³-hybridized carbons (Fsp3) is 0.357. The summed E-state index contributed by atoms with van der Waals surface area (Å²) in [6, 6.07) is 12.4. The van der Waals surface area contributed by atoms with Crippen LogP contribution in [0, 0.1) is 5.92 Å². The number of rotatable bonds is 6. The number of hydrogen-bond acceptors (Lipinski definition) is 9. The summed E-state index contributed by atoms with van der Waals surface area (Å²) >= 11 is 0. The molecule has 6 rings (SSSR count). The molecular weight excluding hydrogens is 545 g/mol. The van der Waals surface area contributed by atoms with Gasteiger partial charge in [-0.15, -0.1) is 0 Å². The summed E-state index contributed by atoms with van der Waals surface area (Å²) in [5.41, 5.74) is -0.344. The van der Waals surface area contributed by atoms with Crippen molar-refractivity contribution in [2.75, 3.05) is 19.7 Å². The number of hydrogen-bond donors (Lipinski definition) is 2. The highest BCUT2D eigenvalue weighted by molar-refractivity contribution is 5.71. The van der Waals surface area contributed by atoms with Gasteiger partial charge in [0.25, 0.3) is 5.89 Å². The Morgan fingerprint density at radius 1 is 1.07 bits per heavy atom. The number of aliphatic hydroxyl groups excluding tert-OH is 1. The Balaban J connectivity index is 1.24. The molecule has 4 heterocycles. The Labute approximate surface area is 231 Å². The van der Waals surface area contributed by atoms with Crippen LogP contribution in [-0.4, -0.2) is 62.1 Å². The van der Waals surface area contributed by atoms with E-state index in [1.54, 1.807) is 36.4 Å². The smallest absolute Gasteiger partial charge is 0.422 e. The van der Waals surface area contributed by atoms with Crippen molar-refractivity contribution in [2.24, 2.45) is 5.92 Å². The molecule has 0 radical (unpaired) electrons. The van der Waals surface area contributed by atoms with Crippen LogP contribution in [0.4, 0.5) is 13.2 Å². The van der Waals surface area contributed by atoms with Crippen LogP contribution in [0.3, 0.4) is 0 Å². The summed E-state index contributed by atoms with van der Waals surface area (Å²) in [4.78, 5) is 17.4. The van der Waals surface area contributed by atoms with Crippen LogP contribution in [-0.2, 0) is 11.0 Å². The number of carboxylic acid groups (broad SMARTS) is 1. The number of aromatic nitrogens is 3. The fourth-order valence-electron chi connectivity index (χ4n) is 5.56. The van der Waals surface area contributed by atoms with Crippen LogP contribution in [0.15, 0.2) is 57.6 Å². The Bertz CT molecular complexity index is 1550. The Morgan fingerprint density at radius 2 is 1.88 bits per heavy atom. The van der Waals surface area contributed by atoms with Crippen molar-refractivity contribution in [3.05, 3.63) is 59.7 Å². The second-order valence-corrected chi connectivity index (χ2v) is 10.2. The van der Waals surface area contributed by atoms with E-state index in [9.17, 15) is 23.1 Å². The van der Waals surface area contributed by atoms with Gasteiger partial charge < -0.3 is 24.0 Å². The van der Waals surface area contributed by atoms with Crippen LogP contribution in [0.5, 0.6) is 5.75 Å². The topological polar surface area (TPSA) is 135 Å². The fourth-order valence-corrected chi connectivity index (χ4v) is 5.56. The lowest BCUT2D eigenvalue weighted by atomic mass is 9.90. The zero-order valence-electron chi connectivity index (χ0n) is 21.5. The number of aliphatic hydroxyl groups is 1. The summed E-state index contributed by atoms with van der Waals surface area (Å²) in [6.45, 7) is 1.47. The SMILES string of the molecule is O=C(O)CC1CCCN(C2COc3cc(-c4noc(-c5onc(-c6ccccc6)c5C(F)(F)F)n4)ccc3C2O)C1. The molecule has 3 atom stereocenters. The van der Waals surface area contributed by atoms with Crippen LogP contribution < -0.4 is 4.74 Å². The predicted octanol–water partition coefficient (Wildman–Crippen LogP) is 5.06. The Morgan fingerprint density at radius 3 is 2.63 bits per heavy atom. The van der Waals surface area contributed by atoms with Crippen molar-refractivity contribution in [1.29, 1.82) is 0 Å². The maximum Gasteiger partial charge on any atom is 0.422 e. The lowest BCUT2D eigenvalue weighted by molar-refractivity contribution is -0.139. The lowest BCUT2D eigenvalue weighted by Gasteiger charge is -2.42. The van der Waals surface area contributed by atoms with E-state index in [2.05, 4.69) is 20.2 Å². The molecule has 1 saturated heterocycles. The van der Waals surface area contributed by atoms with E-state index in [4.69, 9.17) is 18.9 Å².